The van der Waals surface area contributed by atoms with Crippen molar-refractivity contribution in [3.05, 3.63) is 46.2 Å². The molecule has 37 heavy (non-hydrogen) atoms. The van der Waals surface area contributed by atoms with E-state index in [1.54, 1.807) is 44.9 Å². The Balaban J connectivity index is 1.59. The van der Waals surface area contributed by atoms with E-state index in [9.17, 15) is 19.6 Å². The molecular weight excluding hydrogens is 488 g/mol. The number of rotatable bonds is 4. The number of nitrogens with two attached hydrogens (primary N) is 1. The van der Waals surface area contributed by atoms with Crippen molar-refractivity contribution < 1.29 is 14.4 Å². The van der Waals surface area contributed by atoms with Crippen LogP contribution in [0.5, 0.6) is 0 Å². The van der Waals surface area contributed by atoms with Gasteiger partial charge in [0.15, 0.2) is 0 Å². The Kier molecular flexibility index (Phi) is 6.09. The van der Waals surface area contributed by atoms with Crippen LogP contribution < -0.4 is 5.73 Å². The van der Waals surface area contributed by atoms with E-state index in [-0.39, 0.29) is 41.9 Å². The van der Waals surface area contributed by atoms with Gasteiger partial charge in [-0.2, -0.15) is 5.26 Å². The van der Waals surface area contributed by atoms with Crippen molar-refractivity contribution in [2.75, 3.05) is 13.1 Å². The summed E-state index contributed by atoms with van der Waals surface area (Å²) in [7, 11) is 0. The quantitative estimate of drug-likeness (QED) is 0.526. The van der Waals surface area contributed by atoms with Gasteiger partial charge in [0.2, 0.25) is 11.8 Å². The summed E-state index contributed by atoms with van der Waals surface area (Å²) in [6.07, 6.45) is 2.40. The first-order chi connectivity index (χ1) is 17.5. The Morgan fingerprint density at radius 1 is 1.30 bits per heavy atom. The van der Waals surface area contributed by atoms with E-state index in [0.717, 1.165) is 21.6 Å². The van der Waals surface area contributed by atoms with Gasteiger partial charge in [-0.05, 0) is 31.5 Å². The number of carbonyl (C=O) groups excluding carboxylic acids is 3. The number of thiophene rings is 1. The lowest BCUT2D eigenvalue weighted by atomic mass is 9.82. The van der Waals surface area contributed by atoms with Crippen molar-refractivity contribution in [1.29, 1.82) is 5.26 Å². The van der Waals surface area contributed by atoms with E-state index in [4.69, 9.17) is 5.73 Å². The van der Waals surface area contributed by atoms with Crippen LogP contribution >= 0.6 is 11.3 Å². The molecule has 2 aliphatic heterocycles. The molecule has 0 radical (unpaired) electrons. The Bertz CT molecular complexity index is 1500. The molecule has 2 saturated heterocycles. The molecular formula is C27H28N6O3S. The third kappa shape index (κ3) is 4.08. The van der Waals surface area contributed by atoms with Gasteiger partial charge in [-0.15, -0.1) is 11.3 Å². The van der Waals surface area contributed by atoms with Crippen LogP contribution in [-0.2, 0) is 16.1 Å². The predicted molar refractivity (Wildman–Crippen MR) is 139 cm³/mol. The number of aromatic nitrogens is 2. The van der Waals surface area contributed by atoms with Crippen LogP contribution in [0.15, 0.2) is 24.4 Å². The molecule has 2 unspecified atom stereocenters. The molecule has 5 heterocycles. The number of hydrogen-bond donors (Lipinski definition) is 1. The largest absolute Gasteiger partial charge is 0.337 e. The molecule has 190 valence electrons. The molecule has 3 aromatic rings. The second kappa shape index (κ2) is 9.01. The highest BCUT2D eigenvalue weighted by molar-refractivity contribution is 7.19. The fourth-order valence-electron chi connectivity index (χ4n) is 5.10. The number of hydrogen-bond acceptors (Lipinski definition) is 8. The minimum Gasteiger partial charge on any atom is -0.337 e. The van der Waals surface area contributed by atoms with E-state index in [1.165, 1.54) is 16.2 Å². The molecule has 2 aliphatic rings. The van der Waals surface area contributed by atoms with Gasteiger partial charge in [-0.25, -0.2) is 4.98 Å². The molecule has 0 spiro atoms. The third-order valence-corrected chi connectivity index (χ3v) is 8.77. The molecule has 5 rings (SSSR count). The van der Waals surface area contributed by atoms with Gasteiger partial charge in [0.1, 0.15) is 11.8 Å². The second-order valence-corrected chi connectivity index (χ2v) is 11.5. The maximum Gasteiger partial charge on any atom is 0.256 e. The maximum absolute atomic E-state index is 13.6. The van der Waals surface area contributed by atoms with Gasteiger partial charge in [0, 0.05) is 47.3 Å². The first-order valence-corrected chi connectivity index (χ1v) is 13.0. The molecule has 2 atom stereocenters. The summed E-state index contributed by atoms with van der Waals surface area (Å²) in [5.74, 6) is -0.917. The lowest BCUT2D eigenvalue weighted by Crippen LogP contribution is -2.32. The molecule has 9 nitrogen and oxygen atoms in total. The second-order valence-electron chi connectivity index (χ2n) is 10.4. The van der Waals surface area contributed by atoms with Gasteiger partial charge in [0.25, 0.3) is 5.91 Å². The van der Waals surface area contributed by atoms with Crippen molar-refractivity contribution in [3.8, 4) is 17.2 Å². The number of imide groups is 1. The Morgan fingerprint density at radius 2 is 2.05 bits per heavy atom. The van der Waals surface area contributed by atoms with Crippen molar-refractivity contribution in [3.63, 3.8) is 0 Å². The SMILES string of the molecule is Cc1nc(C#N)cc(-c2ccnc3cc(CN4C(=O)C(C)C(C)(C)C4=O)sc23)c1C(=O)N1CCC(N)C1. The van der Waals surface area contributed by atoms with Crippen LogP contribution in [0.3, 0.4) is 0 Å². The van der Waals surface area contributed by atoms with Crippen molar-refractivity contribution >= 4 is 39.3 Å². The number of aryl methyl sites for hydroxylation is 1. The van der Waals surface area contributed by atoms with Gasteiger partial charge in [0.05, 0.1) is 33.4 Å². The summed E-state index contributed by atoms with van der Waals surface area (Å²) >= 11 is 1.43. The minimum atomic E-state index is -0.743. The van der Waals surface area contributed by atoms with Crippen LogP contribution in [-0.4, -0.2) is 56.6 Å². The van der Waals surface area contributed by atoms with Crippen LogP contribution in [0.25, 0.3) is 21.3 Å². The number of nitrogens with zero attached hydrogens (tertiary/aromatic N) is 5. The molecule has 3 aromatic heterocycles. The predicted octanol–water partition coefficient (Wildman–Crippen LogP) is 3.24. The highest BCUT2D eigenvalue weighted by Gasteiger charge is 2.51. The average Bonchev–Trinajstić information content (AvgIpc) is 3.53. The third-order valence-electron chi connectivity index (χ3n) is 7.62. The maximum atomic E-state index is 13.6. The standard InChI is InChI=1S/C27H28N6O3S/c1-14-24(34)33(26(36)27(14,3)4)13-18-10-21-23(37-18)19(5-7-30-21)20-9-17(11-28)31-15(2)22(20)25(35)32-8-6-16(29)12-32/h5,7,9-10,14,16H,6,8,12-13,29H2,1-4H3. The summed E-state index contributed by atoms with van der Waals surface area (Å²) in [6.45, 7) is 8.33. The molecule has 2 N–H and O–H groups in total. The van der Waals surface area contributed by atoms with Crippen molar-refractivity contribution in [2.24, 2.45) is 17.1 Å². The normalized spacial score (nSPS) is 21.2. The fourth-order valence-corrected chi connectivity index (χ4v) is 6.23. The van der Waals surface area contributed by atoms with Crippen molar-refractivity contribution in [1.82, 2.24) is 19.8 Å². The molecule has 0 bridgehead atoms. The Hall–Kier alpha value is -3.68. The zero-order valence-electron chi connectivity index (χ0n) is 21.2. The Morgan fingerprint density at radius 3 is 2.68 bits per heavy atom. The number of fused-ring (bicyclic) bond motifs is 1. The lowest BCUT2D eigenvalue weighted by Gasteiger charge is -2.20. The summed E-state index contributed by atoms with van der Waals surface area (Å²) < 4.78 is 0.811. The molecule has 10 heteroatoms. The van der Waals surface area contributed by atoms with Gasteiger partial charge in [-0.1, -0.05) is 20.8 Å². The monoisotopic (exact) mass is 516 g/mol. The molecule has 0 aliphatic carbocycles. The first kappa shape index (κ1) is 25.0. The topological polar surface area (TPSA) is 133 Å². The van der Waals surface area contributed by atoms with Crippen molar-refractivity contribution in [2.45, 2.75) is 46.7 Å². The average molecular weight is 517 g/mol. The smallest absolute Gasteiger partial charge is 0.256 e. The first-order valence-electron chi connectivity index (χ1n) is 12.2. The van der Waals surface area contributed by atoms with E-state index < -0.39 is 5.41 Å². The van der Waals surface area contributed by atoms with Gasteiger partial charge in [-0.3, -0.25) is 24.3 Å². The number of pyridine rings is 2. The van der Waals surface area contributed by atoms with Crippen LogP contribution in [0.1, 0.15) is 53.8 Å². The lowest BCUT2D eigenvalue weighted by molar-refractivity contribution is -0.141. The van der Waals surface area contributed by atoms with E-state index >= 15 is 0 Å². The summed E-state index contributed by atoms with van der Waals surface area (Å²) in [5, 5.41) is 9.60. The number of amides is 3. The van der Waals surface area contributed by atoms with Crippen LogP contribution in [0, 0.1) is 29.6 Å². The molecule has 0 saturated carbocycles. The van der Waals surface area contributed by atoms with Gasteiger partial charge >= 0.3 is 0 Å². The fraction of sp³-hybridized carbons (Fsp3) is 0.407. The van der Waals surface area contributed by atoms with E-state index in [1.807, 2.05) is 12.1 Å². The molecule has 0 aromatic carbocycles. The zero-order chi connectivity index (χ0) is 26.6. The number of carbonyl (C=O) groups is 3. The number of nitriles is 1. The highest BCUT2D eigenvalue weighted by Crippen LogP contribution is 2.41. The highest BCUT2D eigenvalue weighted by atomic mass is 32.1. The number of likely N-dealkylation sites (tertiary alicyclic amines) is 2. The molecule has 3 amide bonds. The summed E-state index contributed by atoms with van der Waals surface area (Å²) in [5.41, 5.74) is 8.50. The summed E-state index contributed by atoms with van der Waals surface area (Å²) in [4.78, 5) is 52.1. The summed E-state index contributed by atoms with van der Waals surface area (Å²) in [6, 6.07) is 7.37. The van der Waals surface area contributed by atoms with E-state index in [2.05, 4.69) is 16.0 Å². The van der Waals surface area contributed by atoms with Gasteiger partial charge < -0.3 is 10.6 Å². The molecule has 2 fully saturated rings. The minimum absolute atomic E-state index is 0.0600. The Labute approximate surface area is 218 Å². The van der Waals surface area contributed by atoms with Crippen LogP contribution in [0.4, 0.5) is 0 Å². The van der Waals surface area contributed by atoms with E-state index in [0.29, 0.717) is 35.4 Å². The van der Waals surface area contributed by atoms with Crippen LogP contribution in [0.2, 0.25) is 0 Å². The zero-order valence-corrected chi connectivity index (χ0v) is 22.1.